The third-order valence-corrected chi connectivity index (χ3v) is 3.89. The Morgan fingerprint density at radius 3 is 2.68 bits per heavy atom. The monoisotopic (exact) mass is 288 g/mol. The molecule has 1 saturated heterocycles. The smallest absolute Gasteiger partial charge is 0.240 e. The molecule has 6 heteroatoms. The Morgan fingerprint density at radius 2 is 2.11 bits per heavy atom. The van der Waals surface area contributed by atoms with E-state index in [2.05, 4.69) is 28.9 Å². The van der Waals surface area contributed by atoms with E-state index >= 15 is 0 Å². The van der Waals surface area contributed by atoms with Gasteiger partial charge in [-0.15, -0.1) is 12.4 Å². The van der Waals surface area contributed by atoms with Gasteiger partial charge in [0.2, 0.25) is 5.89 Å². The Balaban J connectivity index is 0.00000180. The summed E-state index contributed by atoms with van der Waals surface area (Å²) in [6.45, 7) is 10.2. The fourth-order valence-electron chi connectivity index (χ4n) is 2.40. The fourth-order valence-corrected chi connectivity index (χ4v) is 2.40. The summed E-state index contributed by atoms with van der Waals surface area (Å²) in [5.41, 5.74) is 5.41. The van der Waals surface area contributed by atoms with Gasteiger partial charge in [-0.05, 0) is 46.1 Å². The van der Waals surface area contributed by atoms with Gasteiger partial charge in [-0.3, -0.25) is 4.90 Å². The number of rotatable bonds is 3. The molecule has 0 bridgehead atoms. The van der Waals surface area contributed by atoms with Crippen LogP contribution in [0.5, 0.6) is 0 Å². The number of halogens is 1. The molecule has 0 saturated carbocycles. The molecule has 19 heavy (non-hydrogen) atoms. The summed E-state index contributed by atoms with van der Waals surface area (Å²) < 4.78 is 5.29. The van der Waals surface area contributed by atoms with Gasteiger partial charge in [0.15, 0.2) is 5.82 Å². The highest BCUT2D eigenvalue weighted by Crippen LogP contribution is 2.24. The molecule has 0 aliphatic carbocycles. The van der Waals surface area contributed by atoms with Crippen molar-refractivity contribution in [3.05, 3.63) is 11.7 Å². The van der Waals surface area contributed by atoms with E-state index < -0.39 is 5.54 Å². The molecular weight excluding hydrogens is 264 g/mol. The molecule has 2 rings (SSSR count). The number of nitrogens with two attached hydrogens (primary N) is 1. The van der Waals surface area contributed by atoms with Crippen LogP contribution < -0.4 is 5.73 Å². The Morgan fingerprint density at radius 1 is 1.42 bits per heavy atom. The predicted octanol–water partition coefficient (Wildman–Crippen LogP) is 2.31. The second kappa shape index (κ2) is 6.20. The van der Waals surface area contributed by atoms with Gasteiger partial charge in [-0.25, -0.2) is 0 Å². The van der Waals surface area contributed by atoms with Gasteiger partial charge in [0.25, 0.3) is 0 Å². The van der Waals surface area contributed by atoms with Crippen molar-refractivity contribution in [2.24, 2.45) is 11.7 Å². The first kappa shape index (κ1) is 16.4. The van der Waals surface area contributed by atoms with Gasteiger partial charge < -0.3 is 10.3 Å². The fraction of sp³-hybridized carbons (Fsp3) is 0.846. The molecule has 2 atom stereocenters. The van der Waals surface area contributed by atoms with Gasteiger partial charge in [-0.2, -0.15) is 4.98 Å². The van der Waals surface area contributed by atoms with Crippen molar-refractivity contribution in [3.63, 3.8) is 0 Å². The van der Waals surface area contributed by atoms with E-state index in [1.807, 2.05) is 13.8 Å². The maximum atomic E-state index is 5.95. The normalized spacial score (nSPS) is 25.1. The van der Waals surface area contributed by atoms with E-state index in [9.17, 15) is 0 Å². The van der Waals surface area contributed by atoms with Crippen LogP contribution >= 0.6 is 12.4 Å². The second-order valence-corrected chi connectivity index (χ2v) is 6.06. The van der Waals surface area contributed by atoms with Crippen LogP contribution in [0.4, 0.5) is 0 Å². The van der Waals surface area contributed by atoms with Crippen LogP contribution in [0.1, 0.15) is 52.3 Å². The van der Waals surface area contributed by atoms with Gasteiger partial charge in [0, 0.05) is 6.04 Å². The predicted molar refractivity (Wildman–Crippen MR) is 77.0 cm³/mol. The van der Waals surface area contributed by atoms with Crippen molar-refractivity contribution >= 4 is 12.4 Å². The molecule has 2 heterocycles. The first-order valence-corrected chi connectivity index (χ1v) is 6.74. The van der Waals surface area contributed by atoms with Gasteiger partial charge in [0.1, 0.15) is 0 Å². The number of hydrogen-bond donors (Lipinski definition) is 1. The van der Waals surface area contributed by atoms with Gasteiger partial charge in [-0.1, -0.05) is 12.1 Å². The van der Waals surface area contributed by atoms with Crippen molar-refractivity contribution in [1.82, 2.24) is 15.0 Å². The summed E-state index contributed by atoms with van der Waals surface area (Å²) in [6, 6.07) is 0.569. The zero-order chi connectivity index (χ0) is 13.3. The number of nitrogens with zero attached hydrogens (tertiary/aromatic N) is 3. The highest BCUT2D eigenvalue weighted by atomic mass is 35.5. The summed E-state index contributed by atoms with van der Waals surface area (Å²) >= 11 is 0. The van der Waals surface area contributed by atoms with E-state index in [1.165, 1.54) is 12.8 Å². The van der Waals surface area contributed by atoms with E-state index in [4.69, 9.17) is 10.3 Å². The number of hydrogen-bond acceptors (Lipinski definition) is 5. The molecule has 0 amide bonds. The maximum absolute atomic E-state index is 5.95. The Bertz CT molecular complexity index is 402. The van der Waals surface area contributed by atoms with E-state index in [-0.39, 0.29) is 12.4 Å². The summed E-state index contributed by atoms with van der Waals surface area (Å²) in [6.07, 6.45) is 2.55. The lowest BCUT2D eigenvalue weighted by Gasteiger charge is -2.36. The van der Waals surface area contributed by atoms with Crippen LogP contribution in [0, 0.1) is 5.92 Å². The third-order valence-electron chi connectivity index (χ3n) is 3.89. The Hall–Kier alpha value is -0.650. The molecule has 0 spiro atoms. The molecule has 1 aliphatic heterocycles. The number of piperidine rings is 1. The first-order chi connectivity index (χ1) is 8.38. The lowest BCUT2D eigenvalue weighted by atomic mass is 9.92. The van der Waals surface area contributed by atoms with Crippen molar-refractivity contribution in [1.29, 1.82) is 0 Å². The van der Waals surface area contributed by atoms with Crippen LogP contribution in [0.25, 0.3) is 0 Å². The van der Waals surface area contributed by atoms with Crippen molar-refractivity contribution in [3.8, 4) is 0 Å². The van der Waals surface area contributed by atoms with E-state index in [0.717, 1.165) is 19.0 Å². The van der Waals surface area contributed by atoms with Crippen LogP contribution in [0.2, 0.25) is 0 Å². The molecule has 0 radical (unpaired) electrons. The molecule has 2 N–H and O–H groups in total. The second-order valence-electron chi connectivity index (χ2n) is 6.06. The van der Waals surface area contributed by atoms with Crippen LogP contribution in [-0.2, 0) is 12.1 Å². The number of aromatic nitrogens is 2. The minimum Gasteiger partial charge on any atom is -0.338 e. The van der Waals surface area contributed by atoms with E-state index in [0.29, 0.717) is 17.8 Å². The molecule has 2 unspecified atom stereocenters. The van der Waals surface area contributed by atoms with Crippen molar-refractivity contribution < 1.29 is 4.52 Å². The molecule has 5 nitrogen and oxygen atoms in total. The van der Waals surface area contributed by atoms with Crippen molar-refractivity contribution in [2.75, 3.05) is 6.54 Å². The lowest BCUT2D eigenvalue weighted by Crippen LogP contribution is -2.41. The average Bonchev–Trinajstić information content (AvgIpc) is 2.73. The molecule has 1 fully saturated rings. The highest BCUT2D eigenvalue weighted by Gasteiger charge is 2.27. The minimum absolute atomic E-state index is 0. The highest BCUT2D eigenvalue weighted by molar-refractivity contribution is 5.85. The lowest BCUT2D eigenvalue weighted by molar-refractivity contribution is 0.0940. The zero-order valence-electron chi connectivity index (χ0n) is 12.2. The molecular formula is C13H25ClN4O. The zero-order valence-corrected chi connectivity index (χ0v) is 13.0. The van der Waals surface area contributed by atoms with E-state index in [1.54, 1.807) is 0 Å². The maximum Gasteiger partial charge on any atom is 0.240 e. The minimum atomic E-state index is -0.539. The SMILES string of the molecule is CC1CCCN(Cc2nc(C(C)(C)N)no2)C1C.Cl. The average molecular weight is 289 g/mol. The third kappa shape index (κ3) is 3.91. The summed E-state index contributed by atoms with van der Waals surface area (Å²) in [7, 11) is 0. The summed E-state index contributed by atoms with van der Waals surface area (Å²) in [4.78, 5) is 6.80. The molecule has 1 aromatic heterocycles. The van der Waals surface area contributed by atoms with Crippen molar-refractivity contribution in [2.45, 2.75) is 58.7 Å². The molecule has 1 aromatic rings. The Labute approximate surface area is 121 Å². The van der Waals surface area contributed by atoms with Crippen LogP contribution in [0.15, 0.2) is 4.52 Å². The topological polar surface area (TPSA) is 68.2 Å². The summed E-state index contributed by atoms with van der Waals surface area (Å²) in [5.74, 6) is 1.98. The first-order valence-electron chi connectivity index (χ1n) is 6.74. The Kier molecular flexibility index (Phi) is 5.35. The number of likely N-dealkylation sites (tertiary alicyclic amines) is 1. The quantitative estimate of drug-likeness (QED) is 0.924. The van der Waals surface area contributed by atoms with Gasteiger partial charge in [0.05, 0.1) is 12.1 Å². The van der Waals surface area contributed by atoms with Crippen LogP contribution in [-0.4, -0.2) is 27.6 Å². The molecule has 110 valence electrons. The molecule has 0 aromatic carbocycles. The summed E-state index contributed by atoms with van der Waals surface area (Å²) in [5, 5.41) is 3.96. The van der Waals surface area contributed by atoms with Gasteiger partial charge >= 0.3 is 0 Å². The van der Waals surface area contributed by atoms with Crippen LogP contribution in [0.3, 0.4) is 0 Å². The molecule has 1 aliphatic rings. The standard InChI is InChI=1S/C13H24N4O.ClH/c1-9-6-5-7-17(10(9)2)8-11-15-12(16-18-11)13(3,4)14;/h9-10H,5-8,14H2,1-4H3;1H. The largest absolute Gasteiger partial charge is 0.338 e.